The molecule has 4 N–H and O–H groups in total. The topological polar surface area (TPSA) is 117 Å². The maximum absolute atomic E-state index is 12.7. The van der Waals surface area contributed by atoms with Crippen LogP contribution in [0.5, 0.6) is 11.5 Å². The number of benzene rings is 2. The number of nitrogens with one attached hydrogen (secondary N) is 2. The summed E-state index contributed by atoms with van der Waals surface area (Å²) in [5.74, 6) is -0.380. The van der Waals surface area contributed by atoms with Crippen LogP contribution in [0.2, 0.25) is 0 Å². The highest BCUT2D eigenvalue weighted by Crippen LogP contribution is 2.42. The molecular weight excluding hydrogens is 480 g/mol. The maximum Gasteiger partial charge on any atom is 0.412 e. The number of rotatable bonds is 9. The van der Waals surface area contributed by atoms with Gasteiger partial charge in [-0.25, -0.2) is 10.3 Å². The smallest absolute Gasteiger partial charge is 0.412 e. The summed E-state index contributed by atoms with van der Waals surface area (Å²) < 4.78 is 11.8. The highest BCUT2D eigenvalue weighted by Gasteiger charge is 2.34. The molecule has 172 valence electrons. The van der Waals surface area contributed by atoms with E-state index < -0.39 is 23.5 Å². The van der Waals surface area contributed by atoms with Crippen LogP contribution in [-0.4, -0.2) is 29.4 Å². The van der Waals surface area contributed by atoms with Crippen molar-refractivity contribution in [2.75, 3.05) is 12.4 Å². The maximum atomic E-state index is 12.7. The molecule has 9 heteroatoms. The standard InChI is InChI=1S/C23H27BrN2O6/c1-23(2,13-5-4-6-20(28)26-30)21(15-7-12-19(31-3)18(27)14-15)32-22(29)25-17-10-8-16(24)9-11-17/h4,6-12,14,21,27,30H,5,13H2,1-3H3,(H,25,29)(H,26,28)/b6-4+/t21-/m1/s1. The summed E-state index contributed by atoms with van der Waals surface area (Å²) in [6.45, 7) is 3.84. The molecule has 8 nitrogen and oxygen atoms in total. The number of hydroxylamine groups is 1. The van der Waals surface area contributed by atoms with Crippen molar-refractivity contribution in [1.82, 2.24) is 5.48 Å². The molecule has 32 heavy (non-hydrogen) atoms. The van der Waals surface area contributed by atoms with Crippen molar-refractivity contribution in [2.24, 2.45) is 5.41 Å². The molecule has 0 aromatic heterocycles. The Balaban J connectivity index is 2.24. The van der Waals surface area contributed by atoms with Crippen LogP contribution in [-0.2, 0) is 9.53 Å². The van der Waals surface area contributed by atoms with Gasteiger partial charge in [-0.15, -0.1) is 0 Å². The lowest BCUT2D eigenvalue weighted by atomic mass is 9.78. The molecule has 0 aliphatic rings. The molecule has 0 spiro atoms. The number of amides is 2. The zero-order chi connectivity index (χ0) is 23.7. The number of allylic oxidation sites excluding steroid dienone is 1. The number of methoxy groups -OCH3 is 1. The van der Waals surface area contributed by atoms with E-state index in [0.717, 1.165) is 4.47 Å². The van der Waals surface area contributed by atoms with E-state index in [1.165, 1.54) is 24.7 Å². The predicted octanol–water partition coefficient (Wildman–Crippen LogP) is 5.32. The van der Waals surface area contributed by atoms with E-state index in [2.05, 4.69) is 21.2 Å². The van der Waals surface area contributed by atoms with Gasteiger partial charge in [-0.3, -0.25) is 15.3 Å². The van der Waals surface area contributed by atoms with Crippen LogP contribution in [0.3, 0.4) is 0 Å². The largest absolute Gasteiger partial charge is 0.504 e. The lowest BCUT2D eigenvalue weighted by Crippen LogP contribution is -2.29. The molecule has 0 aliphatic carbocycles. The quantitative estimate of drug-likeness (QED) is 0.207. The van der Waals surface area contributed by atoms with E-state index >= 15 is 0 Å². The van der Waals surface area contributed by atoms with E-state index in [-0.39, 0.29) is 5.75 Å². The second-order valence-corrected chi connectivity index (χ2v) is 8.67. The second kappa shape index (κ2) is 11.5. The van der Waals surface area contributed by atoms with Gasteiger partial charge in [0.1, 0.15) is 6.10 Å². The first-order valence-corrected chi connectivity index (χ1v) is 10.7. The van der Waals surface area contributed by atoms with Gasteiger partial charge in [-0.1, -0.05) is 41.9 Å². The van der Waals surface area contributed by atoms with Crippen molar-refractivity contribution in [3.63, 3.8) is 0 Å². The molecule has 0 aliphatic heterocycles. The van der Waals surface area contributed by atoms with Crippen molar-refractivity contribution in [3.05, 3.63) is 64.7 Å². The summed E-state index contributed by atoms with van der Waals surface area (Å²) in [5.41, 5.74) is 2.13. The average Bonchev–Trinajstić information content (AvgIpc) is 2.76. The number of anilines is 1. The molecule has 0 heterocycles. The van der Waals surface area contributed by atoms with E-state index in [0.29, 0.717) is 29.8 Å². The van der Waals surface area contributed by atoms with E-state index in [1.807, 2.05) is 13.8 Å². The molecule has 0 unspecified atom stereocenters. The number of ether oxygens (including phenoxy) is 2. The number of aromatic hydroxyl groups is 1. The molecule has 2 rings (SSSR count). The van der Waals surface area contributed by atoms with Crippen molar-refractivity contribution >= 4 is 33.6 Å². The molecule has 2 aromatic carbocycles. The Morgan fingerprint density at radius 2 is 1.88 bits per heavy atom. The molecule has 0 saturated heterocycles. The van der Waals surface area contributed by atoms with Gasteiger partial charge in [0.15, 0.2) is 11.5 Å². The van der Waals surface area contributed by atoms with Crippen LogP contribution in [0.4, 0.5) is 10.5 Å². The number of hydrogen-bond donors (Lipinski definition) is 4. The first kappa shape index (κ1) is 25.2. The lowest BCUT2D eigenvalue weighted by Gasteiger charge is -2.34. The minimum Gasteiger partial charge on any atom is -0.504 e. The fourth-order valence-corrected chi connectivity index (χ4v) is 3.41. The molecule has 0 saturated carbocycles. The highest BCUT2D eigenvalue weighted by atomic mass is 79.9. The lowest BCUT2D eigenvalue weighted by molar-refractivity contribution is -0.124. The zero-order valence-electron chi connectivity index (χ0n) is 18.1. The third-order valence-electron chi connectivity index (χ3n) is 4.87. The Bertz CT molecular complexity index is 959. The Morgan fingerprint density at radius 3 is 2.47 bits per heavy atom. The number of carbonyl (C=O) groups excluding carboxylic acids is 2. The summed E-state index contributed by atoms with van der Waals surface area (Å²) in [4.78, 5) is 23.8. The van der Waals surface area contributed by atoms with Crippen LogP contribution < -0.4 is 15.5 Å². The summed E-state index contributed by atoms with van der Waals surface area (Å²) in [7, 11) is 1.45. The number of phenolic OH excluding ortho intramolecular Hbond substituents is 1. The van der Waals surface area contributed by atoms with E-state index in [4.69, 9.17) is 14.7 Å². The van der Waals surface area contributed by atoms with Gasteiger partial charge < -0.3 is 14.6 Å². The molecule has 2 aromatic rings. The molecular formula is C23H27BrN2O6. The average molecular weight is 507 g/mol. The fourth-order valence-electron chi connectivity index (χ4n) is 3.15. The van der Waals surface area contributed by atoms with Gasteiger partial charge in [0.2, 0.25) is 0 Å². The van der Waals surface area contributed by atoms with Crippen LogP contribution >= 0.6 is 15.9 Å². The van der Waals surface area contributed by atoms with Gasteiger partial charge in [0.25, 0.3) is 5.91 Å². The summed E-state index contributed by atoms with van der Waals surface area (Å²) in [5, 5.41) is 21.5. The minimum atomic E-state index is -0.713. The Hall–Kier alpha value is -3.04. The van der Waals surface area contributed by atoms with E-state index in [9.17, 15) is 14.7 Å². The van der Waals surface area contributed by atoms with Crippen molar-refractivity contribution in [1.29, 1.82) is 0 Å². The third-order valence-corrected chi connectivity index (χ3v) is 5.39. The Kier molecular flexibility index (Phi) is 9.10. The van der Waals surface area contributed by atoms with Gasteiger partial charge >= 0.3 is 6.09 Å². The molecule has 0 radical (unpaired) electrons. The third kappa shape index (κ3) is 7.28. The monoisotopic (exact) mass is 506 g/mol. The zero-order valence-corrected chi connectivity index (χ0v) is 19.7. The summed E-state index contributed by atoms with van der Waals surface area (Å²) in [6, 6.07) is 11.9. The van der Waals surface area contributed by atoms with Crippen molar-refractivity contribution in [2.45, 2.75) is 32.8 Å². The first-order valence-electron chi connectivity index (χ1n) is 9.87. The summed E-state index contributed by atoms with van der Waals surface area (Å²) in [6.07, 6.45) is 2.54. The Labute approximate surface area is 195 Å². The van der Waals surface area contributed by atoms with Gasteiger partial charge in [0, 0.05) is 21.7 Å². The van der Waals surface area contributed by atoms with Gasteiger partial charge in [0.05, 0.1) is 7.11 Å². The summed E-state index contributed by atoms with van der Waals surface area (Å²) >= 11 is 3.35. The number of halogens is 1. The number of phenols is 1. The van der Waals surface area contributed by atoms with E-state index in [1.54, 1.807) is 42.5 Å². The van der Waals surface area contributed by atoms with Crippen molar-refractivity contribution in [3.8, 4) is 11.5 Å². The van der Waals surface area contributed by atoms with Crippen LogP contribution in [0.1, 0.15) is 38.4 Å². The Morgan fingerprint density at radius 1 is 1.19 bits per heavy atom. The highest BCUT2D eigenvalue weighted by molar-refractivity contribution is 9.10. The number of carbonyl (C=O) groups is 2. The molecule has 2 amide bonds. The SMILES string of the molecule is COc1ccc([C@@H](OC(=O)Nc2ccc(Br)cc2)C(C)(C)CC/C=C/C(=O)NO)cc1O. The van der Waals surface area contributed by atoms with Crippen molar-refractivity contribution < 1.29 is 29.4 Å². The van der Waals surface area contributed by atoms with Crippen LogP contribution in [0.15, 0.2) is 59.1 Å². The van der Waals surface area contributed by atoms with Crippen LogP contribution in [0.25, 0.3) is 0 Å². The van der Waals surface area contributed by atoms with Gasteiger partial charge in [-0.2, -0.15) is 0 Å². The van der Waals surface area contributed by atoms with Crippen LogP contribution in [0, 0.1) is 5.41 Å². The minimum absolute atomic E-state index is 0.0674. The number of hydrogen-bond acceptors (Lipinski definition) is 6. The second-order valence-electron chi connectivity index (χ2n) is 7.75. The molecule has 0 bridgehead atoms. The normalized spacial score (nSPS) is 12.3. The first-order chi connectivity index (χ1) is 15.2. The molecule has 0 fully saturated rings. The van der Waals surface area contributed by atoms with Gasteiger partial charge in [-0.05, 0) is 54.8 Å². The molecule has 1 atom stereocenters. The predicted molar refractivity (Wildman–Crippen MR) is 124 cm³/mol. The fraction of sp³-hybridized carbons (Fsp3) is 0.304.